The van der Waals surface area contributed by atoms with Crippen LogP contribution in [0.2, 0.25) is 0 Å². The van der Waals surface area contributed by atoms with Crippen LogP contribution in [0.1, 0.15) is 24.0 Å². The lowest BCUT2D eigenvalue weighted by Crippen LogP contribution is -2.41. The highest BCUT2D eigenvalue weighted by Gasteiger charge is 2.35. The molecule has 2 atom stereocenters. The van der Waals surface area contributed by atoms with Gasteiger partial charge in [-0.2, -0.15) is 0 Å². The van der Waals surface area contributed by atoms with Gasteiger partial charge in [-0.3, -0.25) is 14.9 Å². The number of nitrogens with one attached hydrogen (secondary N) is 3. The third-order valence-corrected chi connectivity index (χ3v) is 7.69. The molecule has 6 rings (SSSR count). The fourth-order valence-electron chi connectivity index (χ4n) is 5.30. The molecule has 1 fully saturated rings. The predicted octanol–water partition coefficient (Wildman–Crippen LogP) is 3.11. The molecule has 4 N–H and O–H groups in total. The number of rotatable bonds is 5. The summed E-state index contributed by atoms with van der Waals surface area (Å²) in [5, 5.41) is 19.3. The normalized spacial score (nSPS) is 21.5. The van der Waals surface area contributed by atoms with Crippen LogP contribution >= 0.6 is 11.3 Å². The number of fused-ring (bicyclic) bond motifs is 2. The minimum atomic E-state index is -0.358. The number of thiophene rings is 1. The van der Waals surface area contributed by atoms with Gasteiger partial charge in [0, 0.05) is 52.4 Å². The fraction of sp³-hybridized carbons (Fsp3) is 0.280. The Morgan fingerprint density at radius 1 is 1.06 bits per heavy atom. The molecule has 4 aromatic rings. The average Bonchev–Trinajstić information content (AvgIpc) is 3.57. The molecule has 168 valence electrons. The van der Waals surface area contributed by atoms with Crippen molar-refractivity contribution in [1.29, 1.82) is 0 Å². The Kier molecular flexibility index (Phi) is 4.94. The zero-order valence-electron chi connectivity index (χ0n) is 17.9. The number of amides is 2. The summed E-state index contributed by atoms with van der Waals surface area (Å²) in [6.45, 7) is 1.83. The van der Waals surface area contributed by atoms with Gasteiger partial charge in [0.05, 0.1) is 17.8 Å². The van der Waals surface area contributed by atoms with Gasteiger partial charge in [0.2, 0.25) is 0 Å². The number of aromatic amines is 1. The molecule has 0 spiro atoms. The van der Waals surface area contributed by atoms with Crippen molar-refractivity contribution in [2.75, 3.05) is 13.2 Å². The highest BCUT2D eigenvalue weighted by molar-refractivity contribution is 7.16. The number of aliphatic hydroxyl groups is 1. The Bertz CT molecular complexity index is 1430. The van der Waals surface area contributed by atoms with Gasteiger partial charge in [0.15, 0.2) is 0 Å². The third-order valence-electron chi connectivity index (χ3n) is 6.84. The van der Waals surface area contributed by atoms with E-state index in [4.69, 9.17) is 0 Å². The number of aliphatic hydroxyl groups excluding tert-OH is 1. The van der Waals surface area contributed by atoms with Crippen molar-refractivity contribution in [3.8, 4) is 0 Å². The molecule has 0 aliphatic carbocycles. The first kappa shape index (κ1) is 20.4. The standard InChI is InChI=1S/C25H24N4O3S/c30-13-15-9-14(5-7-26-15)11-29-12-19(16-3-1-2-4-20(16)29)22-21(23(31)28-24(22)32)18-10-27-25-17(18)6-8-33-25/h1-4,6,8,10,12,14-15,26-27,30H,5,7,9,11,13H2,(H,28,31,32). The molecule has 0 saturated carbocycles. The van der Waals surface area contributed by atoms with E-state index in [1.54, 1.807) is 11.3 Å². The molecule has 1 saturated heterocycles. The van der Waals surface area contributed by atoms with Crippen LogP contribution in [-0.4, -0.2) is 45.7 Å². The zero-order valence-corrected chi connectivity index (χ0v) is 18.7. The van der Waals surface area contributed by atoms with Crippen LogP contribution in [0.25, 0.3) is 32.3 Å². The van der Waals surface area contributed by atoms with Crippen LogP contribution < -0.4 is 10.6 Å². The monoisotopic (exact) mass is 460 g/mol. The number of aromatic nitrogens is 2. The number of imide groups is 1. The van der Waals surface area contributed by atoms with Crippen LogP contribution in [0.3, 0.4) is 0 Å². The van der Waals surface area contributed by atoms with Crippen LogP contribution in [-0.2, 0) is 16.1 Å². The topological polar surface area (TPSA) is 99.2 Å². The van der Waals surface area contributed by atoms with Crippen LogP contribution in [0.4, 0.5) is 0 Å². The van der Waals surface area contributed by atoms with E-state index in [2.05, 4.69) is 26.3 Å². The summed E-state index contributed by atoms with van der Waals surface area (Å²) in [6.07, 6.45) is 5.78. The Hall–Kier alpha value is -3.20. The van der Waals surface area contributed by atoms with Crippen molar-refractivity contribution < 1.29 is 14.7 Å². The van der Waals surface area contributed by atoms with Crippen LogP contribution in [0, 0.1) is 5.92 Å². The van der Waals surface area contributed by atoms with Gasteiger partial charge in [-0.1, -0.05) is 18.2 Å². The number of benzene rings is 1. The number of carbonyl (C=O) groups is 2. The molecule has 2 aliphatic heterocycles. The second kappa shape index (κ2) is 7.98. The van der Waals surface area contributed by atoms with Gasteiger partial charge in [-0.25, -0.2) is 0 Å². The van der Waals surface area contributed by atoms with E-state index >= 15 is 0 Å². The Labute approximate surface area is 194 Å². The minimum absolute atomic E-state index is 0.124. The number of nitrogens with zero attached hydrogens (tertiary/aromatic N) is 1. The molecule has 2 amide bonds. The van der Waals surface area contributed by atoms with Crippen molar-refractivity contribution in [2.45, 2.75) is 25.4 Å². The van der Waals surface area contributed by atoms with Gasteiger partial charge in [0.1, 0.15) is 4.83 Å². The molecule has 1 aromatic carbocycles. The molecule has 33 heavy (non-hydrogen) atoms. The molecule has 0 radical (unpaired) electrons. The largest absolute Gasteiger partial charge is 0.395 e. The molecule has 5 heterocycles. The quantitative estimate of drug-likeness (QED) is 0.344. The summed E-state index contributed by atoms with van der Waals surface area (Å²) in [6, 6.07) is 10.1. The zero-order chi connectivity index (χ0) is 22.5. The lowest BCUT2D eigenvalue weighted by Gasteiger charge is -2.29. The average molecular weight is 461 g/mol. The summed E-state index contributed by atoms with van der Waals surface area (Å²) in [4.78, 5) is 30.2. The lowest BCUT2D eigenvalue weighted by atomic mass is 9.92. The Morgan fingerprint density at radius 2 is 1.88 bits per heavy atom. The molecule has 2 unspecified atom stereocenters. The molecule has 7 nitrogen and oxygen atoms in total. The molecule has 2 aliphatic rings. The summed E-state index contributed by atoms with van der Waals surface area (Å²) in [5.74, 6) is -0.289. The van der Waals surface area contributed by atoms with E-state index in [0.29, 0.717) is 17.1 Å². The van der Waals surface area contributed by atoms with Crippen molar-refractivity contribution in [1.82, 2.24) is 20.2 Å². The van der Waals surface area contributed by atoms with Crippen molar-refractivity contribution in [3.63, 3.8) is 0 Å². The Morgan fingerprint density at radius 3 is 2.73 bits per heavy atom. The number of H-pyrrole nitrogens is 1. The maximum Gasteiger partial charge on any atom is 0.259 e. The molecular formula is C25H24N4O3S. The number of carbonyl (C=O) groups excluding carboxylic acids is 2. The number of hydrogen-bond acceptors (Lipinski definition) is 5. The Balaban J connectivity index is 1.49. The smallest absolute Gasteiger partial charge is 0.259 e. The van der Waals surface area contributed by atoms with Gasteiger partial charge in [-0.05, 0) is 42.8 Å². The first-order chi connectivity index (χ1) is 16.1. The first-order valence-electron chi connectivity index (χ1n) is 11.2. The highest BCUT2D eigenvalue weighted by atomic mass is 32.1. The van der Waals surface area contributed by atoms with Crippen molar-refractivity contribution in [2.24, 2.45) is 5.92 Å². The van der Waals surface area contributed by atoms with E-state index in [1.807, 2.05) is 42.0 Å². The molecular weight excluding hydrogens is 436 g/mol. The number of piperidine rings is 1. The fourth-order valence-corrected chi connectivity index (χ4v) is 6.07. The van der Waals surface area contributed by atoms with E-state index in [0.717, 1.165) is 58.2 Å². The van der Waals surface area contributed by atoms with Gasteiger partial charge in [0.25, 0.3) is 11.8 Å². The maximum absolute atomic E-state index is 13.0. The SMILES string of the molecule is O=C1NC(=O)C(c2cn(CC3CCNC(CO)C3)c3ccccc23)=C1c1c[nH]c2sccc12. The van der Waals surface area contributed by atoms with E-state index in [1.165, 1.54) is 0 Å². The highest BCUT2D eigenvalue weighted by Crippen LogP contribution is 2.39. The summed E-state index contributed by atoms with van der Waals surface area (Å²) < 4.78 is 2.20. The second-order valence-electron chi connectivity index (χ2n) is 8.84. The maximum atomic E-state index is 13.0. The van der Waals surface area contributed by atoms with Gasteiger partial charge in [-0.15, -0.1) is 11.3 Å². The van der Waals surface area contributed by atoms with Crippen LogP contribution in [0.15, 0.2) is 48.1 Å². The van der Waals surface area contributed by atoms with E-state index < -0.39 is 0 Å². The number of para-hydroxylation sites is 1. The van der Waals surface area contributed by atoms with E-state index in [9.17, 15) is 14.7 Å². The lowest BCUT2D eigenvalue weighted by molar-refractivity contribution is -0.122. The summed E-state index contributed by atoms with van der Waals surface area (Å²) >= 11 is 1.57. The third kappa shape index (κ3) is 3.33. The van der Waals surface area contributed by atoms with Gasteiger partial charge >= 0.3 is 0 Å². The summed E-state index contributed by atoms with van der Waals surface area (Å²) in [7, 11) is 0. The van der Waals surface area contributed by atoms with E-state index in [-0.39, 0.29) is 24.5 Å². The second-order valence-corrected chi connectivity index (χ2v) is 9.75. The predicted molar refractivity (Wildman–Crippen MR) is 130 cm³/mol. The van der Waals surface area contributed by atoms with Crippen molar-refractivity contribution >= 4 is 55.4 Å². The molecule has 8 heteroatoms. The number of hydrogen-bond donors (Lipinski definition) is 4. The molecule has 0 bridgehead atoms. The van der Waals surface area contributed by atoms with Gasteiger partial charge < -0.3 is 20.0 Å². The minimum Gasteiger partial charge on any atom is -0.395 e. The van der Waals surface area contributed by atoms with Crippen LogP contribution in [0.5, 0.6) is 0 Å². The van der Waals surface area contributed by atoms with Crippen molar-refractivity contribution in [3.05, 3.63) is 59.2 Å². The summed E-state index contributed by atoms with van der Waals surface area (Å²) in [5.41, 5.74) is 3.43. The molecule has 3 aromatic heterocycles. The first-order valence-corrected chi connectivity index (χ1v) is 12.1.